The number of nitrogens with zero attached hydrogens (tertiary/aromatic N) is 1. The number of benzene rings is 2. The lowest BCUT2D eigenvalue weighted by Crippen LogP contribution is -2.32. The van der Waals surface area contributed by atoms with Crippen LogP contribution < -0.4 is 5.48 Å². The Morgan fingerprint density at radius 3 is 3.00 bits per heavy atom. The number of hydrogen-bond donors (Lipinski definition) is 3. The van der Waals surface area contributed by atoms with E-state index in [0.29, 0.717) is 0 Å². The standard InChI is InChI=1S/C22H23N3O2/c26-22(24-27)8-6-16-5-7-17-9-11-25(15-19(17)13-16)12-10-18-14-23-21-4-2-1-3-20(18)21/h1-8,13-14,23,27H,9-12,15H2,(H,24,26)/b8-6+. The summed E-state index contributed by atoms with van der Waals surface area (Å²) in [5.41, 5.74) is 7.83. The van der Waals surface area contributed by atoms with Crippen LogP contribution in [0.5, 0.6) is 0 Å². The molecule has 0 aliphatic carbocycles. The number of aromatic amines is 1. The number of fused-ring (bicyclic) bond motifs is 2. The van der Waals surface area contributed by atoms with Gasteiger partial charge in [0.25, 0.3) is 5.91 Å². The zero-order chi connectivity index (χ0) is 18.6. The zero-order valence-electron chi connectivity index (χ0n) is 15.1. The first-order valence-corrected chi connectivity index (χ1v) is 9.24. The van der Waals surface area contributed by atoms with Crippen molar-refractivity contribution in [2.45, 2.75) is 19.4 Å². The molecule has 0 saturated heterocycles. The van der Waals surface area contributed by atoms with Gasteiger partial charge in [0.1, 0.15) is 0 Å². The Labute approximate surface area is 158 Å². The number of carbonyl (C=O) groups excluding carboxylic acids is 1. The lowest BCUT2D eigenvalue weighted by molar-refractivity contribution is -0.124. The molecule has 0 bridgehead atoms. The molecule has 1 aromatic heterocycles. The summed E-state index contributed by atoms with van der Waals surface area (Å²) in [5.74, 6) is -0.520. The third-order valence-corrected chi connectivity index (χ3v) is 5.23. The fourth-order valence-corrected chi connectivity index (χ4v) is 3.76. The van der Waals surface area contributed by atoms with Crippen LogP contribution in [0, 0.1) is 0 Å². The van der Waals surface area contributed by atoms with E-state index in [1.54, 1.807) is 11.6 Å². The van der Waals surface area contributed by atoms with Gasteiger partial charge < -0.3 is 4.98 Å². The number of rotatable bonds is 5. The predicted molar refractivity (Wildman–Crippen MR) is 106 cm³/mol. The molecule has 0 radical (unpaired) electrons. The van der Waals surface area contributed by atoms with Crippen molar-refractivity contribution in [3.63, 3.8) is 0 Å². The Hall–Kier alpha value is -2.89. The summed E-state index contributed by atoms with van der Waals surface area (Å²) in [6, 6.07) is 14.7. The van der Waals surface area contributed by atoms with E-state index in [0.717, 1.165) is 38.0 Å². The van der Waals surface area contributed by atoms with Crippen LogP contribution in [-0.4, -0.2) is 34.1 Å². The van der Waals surface area contributed by atoms with E-state index < -0.39 is 5.91 Å². The minimum atomic E-state index is -0.520. The molecule has 0 fully saturated rings. The number of amides is 1. The van der Waals surface area contributed by atoms with Gasteiger partial charge in [-0.1, -0.05) is 36.4 Å². The Balaban J connectivity index is 1.43. The molecule has 2 aromatic carbocycles. The molecule has 0 saturated carbocycles. The molecule has 27 heavy (non-hydrogen) atoms. The van der Waals surface area contributed by atoms with Crippen molar-refractivity contribution in [2.75, 3.05) is 13.1 Å². The normalized spacial score (nSPS) is 14.6. The first kappa shape index (κ1) is 17.5. The molecule has 1 aliphatic heterocycles. The van der Waals surface area contributed by atoms with Crippen molar-refractivity contribution in [2.24, 2.45) is 0 Å². The predicted octanol–water partition coefficient (Wildman–Crippen LogP) is 3.29. The topological polar surface area (TPSA) is 68.4 Å². The monoisotopic (exact) mass is 361 g/mol. The van der Waals surface area contributed by atoms with Crippen LogP contribution in [0.25, 0.3) is 17.0 Å². The summed E-state index contributed by atoms with van der Waals surface area (Å²) >= 11 is 0. The number of hydrogen-bond acceptors (Lipinski definition) is 3. The second-order valence-corrected chi connectivity index (χ2v) is 6.97. The van der Waals surface area contributed by atoms with Gasteiger partial charge in [0.15, 0.2) is 0 Å². The minimum absolute atomic E-state index is 0.520. The quantitative estimate of drug-likeness (QED) is 0.371. The molecule has 3 aromatic rings. The van der Waals surface area contributed by atoms with Crippen molar-refractivity contribution >= 4 is 22.9 Å². The molecule has 5 nitrogen and oxygen atoms in total. The maximum Gasteiger partial charge on any atom is 0.267 e. The van der Waals surface area contributed by atoms with Crippen molar-refractivity contribution in [3.8, 4) is 0 Å². The average Bonchev–Trinajstić information content (AvgIpc) is 3.13. The van der Waals surface area contributed by atoms with Crippen LogP contribution in [0.4, 0.5) is 0 Å². The second-order valence-electron chi connectivity index (χ2n) is 6.97. The van der Waals surface area contributed by atoms with E-state index >= 15 is 0 Å². The maximum absolute atomic E-state index is 11.2. The highest BCUT2D eigenvalue weighted by atomic mass is 16.5. The highest BCUT2D eigenvalue weighted by molar-refractivity contribution is 5.90. The van der Waals surface area contributed by atoms with Crippen LogP contribution >= 0.6 is 0 Å². The molecular formula is C22H23N3O2. The minimum Gasteiger partial charge on any atom is -0.361 e. The molecule has 1 aliphatic rings. The SMILES string of the molecule is O=C(/C=C/c1ccc2c(c1)CN(CCc1c[nH]c3ccccc13)CC2)NO. The fourth-order valence-electron chi connectivity index (χ4n) is 3.76. The Morgan fingerprint density at radius 2 is 2.11 bits per heavy atom. The van der Waals surface area contributed by atoms with E-state index in [2.05, 4.69) is 52.5 Å². The average molecular weight is 361 g/mol. The van der Waals surface area contributed by atoms with Gasteiger partial charge in [-0.15, -0.1) is 0 Å². The number of nitrogens with one attached hydrogen (secondary N) is 2. The van der Waals surface area contributed by atoms with Gasteiger partial charge in [-0.2, -0.15) is 0 Å². The Morgan fingerprint density at radius 1 is 1.22 bits per heavy atom. The molecule has 138 valence electrons. The summed E-state index contributed by atoms with van der Waals surface area (Å²) in [7, 11) is 0. The van der Waals surface area contributed by atoms with Gasteiger partial charge in [-0.3, -0.25) is 14.9 Å². The Kier molecular flexibility index (Phi) is 5.05. The fraction of sp³-hybridized carbons (Fsp3) is 0.227. The number of hydroxylamine groups is 1. The van der Waals surface area contributed by atoms with E-state index in [-0.39, 0.29) is 0 Å². The summed E-state index contributed by atoms with van der Waals surface area (Å²) in [6.45, 7) is 3.01. The van der Waals surface area contributed by atoms with Gasteiger partial charge in [-0.05, 0) is 47.2 Å². The van der Waals surface area contributed by atoms with Gasteiger partial charge in [0, 0.05) is 42.8 Å². The highest BCUT2D eigenvalue weighted by Crippen LogP contribution is 2.23. The van der Waals surface area contributed by atoms with Crippen LogP contribution in [0.1, 0.15) is 22.3 Å². The number of H-pyrrole nitrogens is 1. The molecule has 1 amide bonds. The molecule has 2 heterocycles. The molecular weight excluding hydrogens is 338 g/mol. The van der Waals surface area contributed by atoms with Crippen LogP contribution in [0.15, 0.2) is 54.7 Å². The third-order valence-electron chi connectivity index (χ3n) is 5.23. The molecule has 0 spiro atoms. The lowest BCUT2D eigenvalue weighted by atomic mass is 9.97. The van der Waals surface area contributed by atoms with Crippen molar-refractivity contribution in [1.29, 1.82) is 0 Å². The summed E-state index contributed by atoms with van der Waals surface area (Å²) in [6.07, 6.45) is 7.24. The van der Waals surface area contributed by atoms with E-state index in [4.69, 9.17) is 5.21 Å². The van der Waals surface area contributed by atoms with Crippen molar-refractivity contribution in [3.05, 3.63) is 77.0 Å². The van der Waals surface area contributed by atoms with Crippen LogP contribution in [0.3, 0.4) is 0 Å². The Bertz CT molecular complexity index is 990. The summed E-state index contributed by atoms with van der Waals surface area (Å²) in [5, 5.41) is 9.89. The maximum atomic E-state index is 11.2. The largest absolute Gasteiger partial charge is 0.361 e. The molecule has 5 heteroatoms. The number of para-hydroxylation sites is 1. The van der Waals surface area contributed by atoms with E-state index in [9.17, 15) is 4.79 Å². The van der Waals surface area contributed by atoms with E-state index in [1.165, 1.54) is 33.7 Å². The van der Waals surface area contributed by atoms with Crippen molar-refractivity contribution in [1.82, 2.24) is 15.4 Å². The van der Waals surface area contributed by atoms with Crippen LogP contribution in [0.2, 0.25) is 0 Å². The third kappa shape index (κ3) is 3.94. The van der Waals surface area contributed by atoms with Gasteiger partial charge in [0.05, 0.1) is 0 Å². The lowest BCUT2D eigenvalue weighted by Gasteiger charge is -2.29. The van der Waals surface area contributed by atoms with Crippen LogP contribution in [-0.2, 0) is 24.2 Å². The van der Waals surface area contributed by atoms with Gasteiger partial charge >= 0.3 is 0 Å². The molecule has 0 unspecified atom stereocenters. The first-order chi connectivity index (χ1) is 13.2. The first-order valence-electron chi connectivity index (χ1n) is 9.24. The summed E-state index contributed by atoms with van der Waals surface area (Å²) < 4.78 is 0. The van der Waals surface area contributed by atoms with E-state index in [1.807, 2.05) is 6.07 Å². The second kappa shape index (κ2) is 7.78. The zero-order valence-corrected chi connectivity index (χ0v) is 15.1. The molecule has 3 N–H and O–H groups in total. The van der Waals surface area contributed by atoms with Crippen molar-refractivity contribution < 1.29 is 10.0 Å². The number of aromatic nitrogens is 1. The van der Waals surface area contributed by atoms with Gasteiger partial charge in [0.2, 0.25) is 0 Å². The molecule has 0 atom stereocenters. The highest BCUT2D eigenvalue weighted by Gasteiger charge is 2.16. The molecule has 4 rings (SSSR count). The number of carbonyl (C=O) groups is 1. The van der Waals surface area contributed by atoms with Gasteiger partial charge in [-0.25, -0.2) is 5.48 Å². The summed E-state index contributed by atoms with van der Waals surface area (Å²) in [4.78, 5) is 17.0. The smallest absolute Gasteiger partial charge is 0.267 e.